The minimum atomic E-state index is -5.14. The first-order chi connectivity index (χ1) is 23.6. The molecule has 0 aromatic heterocycles. The fourth-order valence-electron chi connectivity index (χ4n) is 4.00. The minimum absolute atomic E-state index is 0.0592. The molecule has 0 aliphatic carbocycles. The maximum atomic E-state index is 12.4. The molecule has 0 atom stereocenters. The number of hydrogen-bond donors (Lipinski definition) is 5. The summed E-state index contributed by atoms with van der Waals surface area (Å²) in [5.41, 5.74) is 4.88. The number of anilines is 1. The van der Waals surface area contributed by atoms with Crippen molar-refractivity contribution in [2.24, 2.45) is 20.5 Å². The van der Waals surface area contributed by atoms with Crippen LogP contribution in [0.1, 0.15) is 0 Å². The molecule has 0 saturated carbocycles. The standard InChI is InChI=1S/C26H21N5O14S5/c1-3-48(35,36)16-7-5-15(6-8-16)28-30-24-20(47-45-43-34)11-14-12-21(50(39,40)41)25(26(32)22(14)23(24)27)31-29-18-10-9-17(49(37,38)4-2)13-19(18)46-44-42-33/h3-13,32-34H,1-2,27H2,(H,39,40,41). The van der Waals surface area contributed by atoms with Crippen molar-refractivity contribution >= 4 is 93.1 Å². The summed E-state index contributed by atoms with van der Waals surface area (Å²) in [6.45, 7) is 6.48. The van der Waals surface area contributed by atoms with Crippen molar-refractivity contribution in [3.05, 3.63) is 78.6 Å². The number of fused-ring (bicyclic) bond motifs is 1. The van der Waals surface area contributed by atoms with E-state index >= 15 is 0 Å². The Hall–Kier alpha value is -4.31. The smallest absolute Gasteiger partial charge is 0.296 e. The summed E-state index contributed by atoms with van der Waals surface area (Å²) in [5, 5.41) is 52.6. The zero-order chi connectivity index (χ0) is 36.9. The Labute approximate surface area is 291 Å². The first-order valence-electron chi connectivity index (χ1n) is 12.8. The SMILES string of the molecule is C=CS(=O)(=O)c1ccc(N=Nc2c(SOOO)cc3cc(S(=O)(=O)O)c(N=Nc4ccc(S(=O)(=O)C=C)cc4SOOO)c(O)c3c2N)cc1. The van der Waals surface area contributed by atoms with Gasteiger partial charge in [0.1, 0.15) is 22.0 Å². The van der Waals surface area contributed by atoms with Crippen LogP contribution in [0.2, 0.25) is 0 Å². The number of nitrogens with two attached hydrogens (primary N) is 1. The molecule has 19 nitrogen and oxygen atoms in total. The quantitative estimate of drug-likeness (QED) is 0.0204. The molecule has 0 aliphatic rings. The highest BCUT2D eigenvalue weighted by Gasteiger charge is 2.26. The Bertz CT molecular complexity index is 2370. The molecule has 264 valence electrons. The molecular formula is C26H21N5O14S5. The number of benzene rings is 4. The molecule has 0 unspecified atom stereocenters. The van der Waals surface area contributed by atoms with E-state index in [1.54, 1.807) is 0 Å². The lowest BCUT2D eigenvalue weighted by molar-refractivity contribution is -0.432. The van der Waals surface area contributed by atoms with E-state index in [1.165, 1.54) is 30.3 Å². The molecule has 50 heavy (non-hydrogen) atoms. The number of nitrogen functional groups attached to an aromatic ring is 1. The van der Waals surface area contributed by atoms with E-state index in [-0.39, 0.29) is 65.1 Å². The first-order valence-corrected chi connectivity index (χ1v) is 18.8. The lowest BCUT2D eigenvalue weighted by Gasteiger charge is -2.14. The van der Waals surface area contributed by atoms with Gasteiger partial charge in [-0.3, -0.25) is 4.55 Å². The van der Waals surface area contributed by atoms with Gasteiger partial charge in [0.05, 0.1) is 60.4 Å². The van der Waals surface area contributed by atoms with Crippen molar-refractivity contribution < 1.29 is 64.2 Å². The van der Waals surface area contributed by atoms with Crippen molar-refractivity contribution in [3.63, 3.8) is 0 Å². The molecule has 24 heteroatoms. The van der Waals surface area contributed by atoms with Gasteiger partial charge in [-0.05, 0) is 60.0 Å². The number of hydrogen-bond acceptors (Lipinski definition) is 20. The third-order valence-corrected chi connectivity index (χ3v) is 11.1. The molecule has 0 saturated heterocycles. The summed E-state index contributed by atoms with van der Waals surface area (Å²) in [4.78, 5) is -1.50. The molecule has 0 radical (unpaired) electrons. The predicted octanol–water partition coefficient (Wildman–Crippen LogP) is 6.90. The summed E-state index contributed by atoms with van der Waals surface area (Å²) in [6, 6.07) is 10.4. The van der Waals surface area contributed by atoms with Crippen LogP contribution in [0.4, 0.5) is 28.4 Å². The third kappa shape index (κ3) is 8.52. The highest BCUT2D eigenvalue weighted by atomic mass is 32.2. The van der Waals surface area contributed by atoms with E-state index in [0.717, 1.165) is 29.7 Å². The van der Waals surface area contributed by atoms with Gasteiger partial charge in [-0.2, -0.15) is 13.5 Å². The first kappa shape index (κ1) is 38.5. The second-order valence-corrected chi connectivity index (χ2v) is 15.8. The molecule has 0 fully saturated rings. The molecular weight excluding hydrogens is 767 g/mol. The molecule has 0 aliphatic heterocycles. The maximum Gasteiger partial charge on any atom is 0.296 e. The number of nitrogens with zero attached hydrogens (tertiary/aromatic N) is 4. The highest BCUT2D eigenvalue weighted by molar-refractivity contribution is 7.95. The molecule has 0 spiro atoms. The van der Waals surface area contributed by atoms with E-state index in [2.05, 4.69) is 52.4 Å². The van der Waals surface area contributed by atoms with Crippen LogP contribution in [0.15, 0.2) is 124 Å². The van der Waals surface area contributed by atoms with Crippen molar-refractivity contribution in [3.8, 4) is 5.75 Å². The summed E-state index contributed by atoms with van der Waals surface area (Å²) in [7, 11) is -12.8. The maximum absolute atomic E-state index is 12.4. The van der Waals surface area contributed by atoms with Gasteiger partial charge in [0.25, 0.3) is 10.1 Å². The van der Waals surface area contributed by atoms with Gasteiger partial charge in [0.15, 0.2) is 25.4 Å². The summed E-state index contributed by atoms with van der Waals surface area (Å²) in [5.74, 6) is -0.933. The van der Waals surface area contributed by atoms with Gasteiger partial charge in [-0.15, -0.1) is 24.0 Å². The zero-order valence-electron chi connectivity index (χ0n) is 24.5. The van der Waals surface area contributed by atoms with E-state index in [0.29, 0.717) is 17.5 Å². The molecule has 0 heterocycles. The van der Waals surface area contributed by atoms with Gasteiger partial charge in [-0.1, -0.05) is 23.2 Å². The van der Waals surface area contributed by atoms with Gasteiger partial charge in [-0.25, -0.2) is 27.4 Å². The van der Waals surface area contributed by atoms with Gasteiger partial charge in [0.2, 0.25) is 0 Å². The Morgan fingerprint density at radius 2 is 1.28 bits per heavy atom. The van der Waals surface area contributed by atoms with Crippen molar-refractivity contribution in [2.45, 2.75) is 24.5 Å². The topological polar surface area (TPSA) is 296 Å². The van der Waals surface area contributed by atoms with Crippen LogP contribution in [0.25, 0.3) is 10.8 Å². The molecule has 4 aromatic carbocycles. The molecule has 0 amide bonds. The fourth-order valence-corrected chi connectivity index (χ4v) is 7.16. The number of rotatable bonds is 15. The largest absolute Gasteiger partial charge is 0.505 e. The van der Waals surface area contributed by atoms with E-state index in [1.807, 2.05) is 0 Å². The van der Waals surface area contributed by atoms with E-state index in [9.17, 15) is 34.9 Å². The van der Waals surface area contributed by atoms with Crippen molar-refractivity contribution in [2.75, 3.05) is 5.73 Å². The Kier molecular flexibility index (Phi) is 12.1. The van der Waals surface area contributed by atoms with Gasteiger partial charge in [0, 0.05) is 10.8 Å². The second-order valence-electron chi connectivity index (χ2n) is 9.18. The number of phenols is 1. The Morgan fingerprint density at radius 1 is 0.720 bits per heavy atom. The normalized spacial score (nSPS) is 12.6. The number of aromatic hydroxyl groups is 1. The molecule has 4 aromatic rings. The van der Waals surface area contributed by atoms with E-state index in [4.69, 9.17) is 16.2 Å². The average Bonchev–Trinajstić information content (AvgIpc) is 3.08. The number of sulfone groups is 2. The summed E-state index contributed by atoms with van der Waals surface area (Å²) < 4.78 is 92.3. The monoisotopic (exact) mass is 787 g/mol. The zero-order valence-corrected chi connectivity index (χ0v) is 28.6. The van der Waals surface area contributed by atoms with Gasteiger partial charge >= 0.3 is 0 Å². The third-order valence-electron chi connectivity index (χ3n) is 6.29. The van der Waals surface area contributed by atoms with Crippen LogP contribution in [0.5, 0.6) is 5.75 Å². The Balaban J connectivity index is 1.92. The average molecular weight is 788 g/mol. The summed E-state index contributed by atoms with van der Waals surface area (Å²) in [6.07, 6.45) is 0. The lowest BCUT2D eigenvalue weighted by atomic mass is 10.1. The van der Waals surface area contributed by atoms with Crippen molar-refractivity contribution in [1.82, 2.24) is 0 Å². The predicted molar refractivity (Wildman–Crippen MR) is 177 cm³/mol. The number of azo groups is 2. The fraction of sp³-hybridized carbons (Fsp3) is 0. The van der Waals surface area contributed by atoms with Gasteiger partial charge < -0.3 is 10.8 Å². The van der Waals surface area contributed by atoms with Crippen LogP contribution in [0.3, 0.4) is 0 Å². The van der Waals surface area contributed by atoms with Crippen molar-refractivity contribution in [1.29, 1.82) is 0 Å². The molecule has 6 N–H and O–H groups in total. The highest BCUT2D eigenvalue weighted by Crippen LogP contribution is 2.49. The van der Waals surface area contributed by atoms with Crippen LogP contribution in [-0.4, -0.2) is 45.4 Å². The van der Waals surface area contributed by atoms with Crippen LogP contribution in [0, 0.1) is 0 Å². The van der Waals surface area contributed by atoms with Crippen LogP contribution < -0.4 is 5.73 Å². The van der Waals surface area contributed by atoms with Crippen LogP contribution >= 0.6 is 24.1 Å². The second kappa shape index (κ2) is 15.7. The molecule has 0 bridgehead atoms. The van der Waals surface area contributed by atoms with E-state index < -0.39 is 46.1 Å². The Morgan fingerprint density at radius 3 is 1.86 bits per heavy atom. The minimum Gasteiger partial charge on any atom is -0.505 e. The summed E-state index contributed by atoms with van der Waals surface area (Å²) >= 11 is 0.625. The lowest BCUT2D eigenvalue weighted by Crippen LogP contribution is -2.00. The molecule has 4 rings (SSSR count). The number of phenolic OH excluding ortho intramolecular Hbond substituents is 1. The van der Waals surface area contributed by atoms with Crippen LogP contribution in [-0.2, 0) is 48.5 Å².